The lowest BCUT2D eigenvalue weighted by Gasteiger charge is -2.31. The highest BCUT2D eigenvalue weighted by atomic mass is 79.9. The van der Waals surface area contributed by atoms with Crippen LogP contribution in [0.15, 0.2) is 59.1 Å². The third kappa shape index (κ3) is 6.71. The largest absolute Gasteiger partial charge is 0.416 e. The van der Waals surface area contributed by atoms with Crippen molar-refractivity contribution in [2.45, 2.75) is 25.6 Å². The minimum Gasteiger partial charge on any atom is -0.339 e. The van der Waals surface area contributed by atoms with Crippen LogP contribution in [0.1, 0.15) is 29.5 Å². The first-order valence-corrected chi connectivity index (χ1v) is 10.7. The number of nitrogens with zero attached hydrogens (tertiary/aromatic N) is 1. The fraction of sp³-hybridized carbons (Fsp3) is 0.348. The Labute approximate surface area is 183 Å². The van der Waals surface area contributed by atoms with Crippen molar-refractivity contribution in [3.05, 3.63) is 75.8 Å². The minimum atomic E-state index is -4.30. The van der Waals surface area contributed by atoms with Crippen molar-refractivity contribution in [3.63, 3.8) is 0 Å². The Bertz CT molecular complexity index is 856. The molecule has 0 bridgehead atoms. The van der Waals surface area contributed by atoms with E-state index in [0.29, 0.717) is 12.5 Å². The summed E-state index contributed by atoms with van der Waals surface area (Å²) in [5.74, 6) is 0.480. The van der Waals surface area contributed by atoms with Gasteiger partial charge in [0.15, 0.2) is 0 Å². The van der Waals surface area contributed by atoms with Crippen LogP contribution in [0.3, 0.4) is 0 Å². The van der Waals surface area contributed by atoms with Crippen molar-refractivity contribution >= 4 is 27.9 Å². The molecule has 1 heterocycles. The molecule has 1 aliphatic heterocycles. The smallest absolute Gasteiger partial charge is 0.339 e. The zero-order valence-corrected chi connectivity index (χ0v) is 18.0. The first-order chi connectivity index (χ1) is 14.3. The molecule has 1 fully saturated rings. The molecule has 0 spiro atoms. The van der Waals surface area contributed by atoms with Crippen LogP contribution in [0.2, 0.25) is 0 Å². The number of alkyl halides is 3. The molecule has 0 aliphatic carbocycles. The van der Waals surface area contributed by atoms with E-state index in [4.69, 9.17) is 0 Å². The van der Waals surface area contributed by atoms with Gasteiger partial charge in [0, 0.05) is 30.2 Å². The predicted molar refractivity (Wildman–Crippen MR) is 116 cm³/mol. The number of benzene rings is 2. The lowest BCUT2D eigenvalue weighted by Crippen LogP contribution is -2.40. The Balaban J connectivity index is 1.38. The number of likely N-dealkylation sites (tertiary alicyclic amines) is 1. The summed E-state index contributed by atoms with van der Waals surface area (Å²) >= 11 is 3.39. The number of hydrogen-bond donors (Lipinski definition) is 1. The predicted octanol–water partition coefficient (Wildman–Crippen LogP) is 5.51. The number of nitrogens with one attached hydrogen (secondary N) is 1. The van der Waals surface area contributed by atoms with Gasteiger partial charge in [-0.25, -0.2) is 0 Å². The van der Waals surface area contributed by atoms with Gasteiger partial charge in [0.05, 0.1) is 5.56 Å². The van der Waals surface area contributed by atoms with Gasteiger partial charge in [0.2, 0.25) is 5.91 Å². The van der Waals surface area contributed by atoms with Crippen LogP contribution in [-0.4, -0.2) is 30.4 Å². The molecule has 0 atom stereocenters. The third-order valence-electron chi connectivity index (χ3n) is 5.26. The van der Waals surface area contributed by atoms with E-state index >= 15 is 0 Å². The van der Waals surface area contributed by atoms with Crippen LogP contribution in [0.4, 0.5) is 13.2 Å². The lowest BCUT2D eigenvalue weighted by atomic mass is 9.96. The number of halogens is 4. The molecule has 0 saturated carbocycles. The van der Waals surface area contributed by atoms with Crippen LogP contribution in [-0.2, 0) is 17.5 Å². The summed E-state index contributed by atoms with van der Waals surface area (Å²) in [4.78, 5) is 14.2. The number of carbonyl (C=O) groups is 1. The summed E-state index contributed by atoms with van der Waals surface area (Å²) in [6.45, 7) is 2.76. The van der Waals surface area contributed by atoms with Gasteiger partial charge in [-0.15, -0.1) is 0 Å². The molecule has 1 saturated heterocycles. The number of carbonyl (C=O) groups excluding carboxylic acids is 1. The molecule has 1 amide bonds. The second kappa shape index (κ2) is 10.3. The van der Waals surface area contributed by atoms with Crippen molar-refractivity contribution in [3.8, 4) is 0 Å². The fourth-order valence-corrected chi connectivity index (χ4v) is 3.70. The number of piperidine rings is 1. The van der Waals surface area contributed by atoms with Crippen LogP contribution < -0.4 is 5.32 Å². The normalized spacial score (nSPS) is 15.7. The van der Waals surface area contributed by atoms with E-state index in [1.807, 2.05) is 35.2 Å². The molecule has 30 heavy (non-hydrogen) atoms. The van der Waals surface area contributed by atoms with Crippen molar-refractivity contribution in [2.24, 2.45) is 5.92 Å². The van der Waals surface area contributed by atoms with E-state index in [-0.39, 0.29) is 5.91 Å². The average molecular weight is 481 g/mol. The number of rotatable bonds is 6. The van der Waals surface area contributed by atoms with Crippen LogP contribution in [0.25, 0.3) is 6.08 Å². The molecule has 2 aromatic carbocycles. The Kier molecular flexibility index (Phi) is 7.72. The van der Waals surface area contributed by atoms with E-state index in [0.717, 1.165) is 60.2 Å². The van der Waals surface area contributed by atoms with E-state index < -0.39 is 11.7 Å². The fourth-order valence-electron chi connectivity index (χ4n) is 3.44. The van der Waals surface area contributed by atoms with Crippen molar-refractivity contribution in [1.29, 1.82) is 0 Å². The van der Waals surface area contributed by atoms with Crippen LogP contribution >= 0.6 is 15.9 Å². The molecule has 7 heteroatoms. The summed E-state index contributed by atoms with van der Waals surface area (Å²) < 4.78 is 38.8. The zero-order chi connectivity index (χ0) is 21.6. The van der Waals surface area contributed by atoms with Crippen LogP contribution in [0, 0.1) is 5.92 Å². The molecule has 3 nitrogen and oxygen atoms in total. The Morgan fingerprint density at radius 3 is 2.30 bits per heavy atom. The Morgan fingerprint density at radius 1 is 1.07 bits per heavy atom. The van der Waals surface area contributed by atoms with Crippen molar-refractivity contribution in [1.82, 2.24) is 10.2 Å². The molecule has 1 N–H and O–H groups in total. The molecular weight excluding hydrogens is 457 g/mol. The maximum absolute atomic E-state index is 12.6. The molecule has 0 aromatic heterocycles. The SMILES string of the molecule is O=C(/C=C/c1ccc(Br)cc1)N1CCC(CNCc2ccc(C(F)(F)F)cc2)CC1. The van der Waals surface area contributed by atoms with Gasteiger partial charge in [-0.05, 0) is 66.8 Å². The maximum atomic E-state index is 12.6. The summed E-state index contributed by atoms with van der Waals surface area (Å²) in [7, 11) is 0. The second-order valence-corrected chi connectivity index (χ2v) is 8.39. The average Bonchev–Trinajstić information content (AvgIpc) is 2.73. The van der Waals surface area contributed by atoms with E-state index in [2.05, 4.69) is 21.2 Å². The summed E-state index contributed by atoms with van der Waals surface area (Å²) in [5, 5.41) is 3.32. The first-order valence-electron chi connectivity index (χ1n) is 9.90. The Hall–Kier alpha value is -2.12. The third-order valence-corrected chi connectivity index (χ3v) is 5.79. The van der Waals surface area contributed by atoms with Crippen molar-refractivity contribution in [2.75, 3.05) is 19.6 Å². The molecule has 160 valence electrons. The molecule has 0 unspecified atom stereocenters. The second-order valence-electron chi connectivity index (χ2n) is 7.48. The number of amides is 1. The quantitative estimate of drug-likeness (QED) is 0.552. The highest BCUT2D eigenvalue weighted by molar-refractivity contribution is 9.10. The lowest BCUT2D eigenvalue weighted by molar-refractivity contribution is -0.137. The number of hydrogen-bond acceptors (Lipinski definition) is 2. The van der Waals surface area contributed by atoms with Gasteiger partial charge in [0.1, 0.15) is 0 Å². The molecule has 2 aromatic rings. The topological polar surface area (TPSA) is 32.3 Å². The molecule has 1 aliphatic rings. The van der Waals surface area contributed by atoms with E-state index in [1.54, 1.807) is 6.08 Å². The van der Waals surface area contributed by atoms with Gasteiger partial charge in [-0.1, -0.05) is 40.2 Å². The monoisotopic (exact) mass is 480 g/mol. The molecular formula is C23H24BrF3N2O. The van der Waals surface area contributed by atoms with Gasteiger partial charge < -0.3 is 10.2 Å². The van der Waals surface area contributed by atoms with E-state index in [1.165, 1.54) is 12.1 Å². The van der Waals surface area contributed by atoms with Gasteiger partial charge >= 0.3 is 6.18 Å². The molecule has 3 rings (SSSR count). The maximum Gasteiger partial charge on any atom is 0.416 e. The minimum absolute atomic E-state index is 0.0223. The highest BCUT2D eigenvalue weighted by Crippen LogP contribution is 2.29. The van der Waals surface area contributed by atoms with Gasteiger partial charge in [0.25, 0.3) is 0 Å². The first kappa shape index (κ1) is 22.6. The summed E-state index contributed by atoms with van der Waals surface area (Å²) in [5.41, 5.74) is 1.18. The standard InChI is InChI=1S/C23H24BrF3N2O/c24-21-8-3-17(4-9-21)5-10-22(30)29-13-11-19(12-14-29)16-28-15-18-1-6-20(7-2-18)23(25,26)27/h1-10,19,28H,11-16H2/b10-5+. The Morgan fingerprint density at radius 2 is 1.70 bits per heavy atom. The zero-order valence-electron chi connectivity index (χ0n) is 16.5. The van der Waals surface area contributed by atoms with Crippen LogP contribution in [0.5, 0.6) is 0 Å². The summed E-state index contributed by atoms with van der Waals surface area (Å²) in [6.07, 6.45) is 0.972. The van der Waals surface area contributed by atoms with E-state index in [9.17, 15) is 18.0 Å². The van der Waals surface area contributed by atoms with Gasteiger partial charge in [-0.3, -0.25) is 4.79 Å². The molecule has 0 radical (unpaired) electrons. The summed E-state index contributed by atoms with van der Waals surface area (Å²) in [6, 6.07) is 13.0. The van der Waals surface area contributed by atoms with Crippen molar-refractivity contribution < 1.29 is 18.0 Å². The van der Waals surface area contributed by atoms with Gasteiger partial charge in [-0.2, -0.15) is 13.2 Å². The highest BCUT2D eigenvalue weighted by Gasteiger charge is 2.29.